The lowest BCUT2D eigenvalue weighted by atomic mass is 10.0. The molecule has 0 saturated heterocycles. The molecule has 0 aromatic heterocycles. The van der Waals surface area contributed by atoms with Crippen LogP contribution in [0.25, 0.3) is 0 Å². The zero-order valence-corrected chi connectivity index (χ0v) is 13.4. The Balaban J connectivity index is -0.000000340. The van der Waals surface area contributed by atoms with Crippen LogP contribution in [-0.4, -0.2) is 16.3 Å². The number of carbonyl (C=O) groups is 2. The lowest BCUT2D eigenvalue weighted by Crippen LogP contribution is -2.46. The highest BCUT2D eigenvalue weighted by atomic mass is 79.9. The molecule has 3 N–H and O–H groups in total. The quantitative estimate of drug-likeness (QED) is 0.775. The fourth-order valence-electron chi connectivity index (χ4n) is 0.795. The van der Waals surface area contributed by atoms with Gasteiger partial charge in [0.2, 0.25) is 5.91 Å². The number of primary amides is 1. The molecule has 104 valence electrons. The predicted molar refractivity (Wildman–Crippen MR) is 77.8 cm³/mol. The number of imide groups is 1. The number of rotatable bonds is 4. The van der Waals surface area contributed by atoms with Crippen LogP contribution in [0.3, 0.4) is 0 Å². The molecular weight excluding hydrogens is 307 g/mol. The number of hydrogen-bond donors (Lipinski definition) is 2. The minimum absolute atomic E-state index is 0. The molecule has 0 spiro atoms. The van der Waals surface area contributed by atoms with Crippen LogP contribution in [0.2, 0.25) is 0 Å². The molecule has 0 radical (unpaired) electrons. The zero-order chi connectivity index (χ0) is 13.2. The number of amides is 3. The Morgan fingerprint density at radius 3 is 1.65 bits per heavy atom. The summed E-state index contributed by atoms with van der Waals surface area (Å²) in [4.78, 5) is 21.6. The first-order valence-corrected chi connectivity index (χ1v) is 6.46. The number of hydrogen-bond acceptors (Lipinski definition) is 2. The summed E-state index contributed by atoms with van der Waals surface area (Å²) in [7, 11) is 0. The molecule has 0 fully saturated rings. The molecule has 0 aromatic rings. The highest BCUT2D eigenvalue weighted by Gasteiger charge is 2.32. The Labute approximate surface area is 119 Å². The van der Waals surface area contributed by atoms with Crippen LogP contribution in [0.1, 0.15) is 53.4 Å². The van der Waals surface area contributed by atoms with Gasteiger partial charge in [-0.25, -0.2) is 4.79 Å². The van der Waals surface area contributed by atoms with E-state index in [-0.39, 0.29) is 18.3 Å². The normalized spacial score (nSPS) is 9.47. The Hall–Kier alpha value is -0.290. The first-order valence-electron chi connectivity index (χ1n) is 5.67. The van der Waals surface area contributed by atoms with Crippen molar-refractivity contribution in [2.24, 2.45) is 5.73 Å². The third-order valence-corrected chi connectivity index (χ3v) is 3.75. The maximum atomic E-state index is 11.3. The summed E-state index contributed by atoms with van der Waals surface area (Å²) in [5.74, 6) is -0.375. The summed E-state index contributed by atoms with van der Waals surface area (Å²) in [6.07, 6.45) is 3.87. The van der Waals surface area contributed by atoms with Crippen molar-refractivity contribution in [3.63, 3.8) is 0 Å². The minimum atomic E-state index is -0.814. The first-order chi connectivity index (χ1) is 7.37. The average Bonchev–Trinajstić information content (AvgIpc) is 2.27. The number of nitrogens with two attached hydrogens (primary N) is 1. The Bertz CT molecular complexity index is 220. The molecule has 17 heavy (non-hydrogen) atoms. The summed E-state index contributed by atoms with van der Waals surface area (Å²) in [6, 6.07) is -0.814. The van der Waals surface area contributed by atoms with Crippen LogP contribution in [-0.2, 0) is 4.79 Å². The number of carbonyl (C=O) groups excluding carboxylic acids is 2. The van der Waals surface area contributed by atoms with Gasteiger partial charge in [-0.05, 0) is 12.8 Å². The van der Waals surface area contributed by atoms with Crippen molar-refractivity contribution < 1.29 is 9.59 Å². The van der Waals surface area contributed by atoms with Gasteiger partial charge in [0.1, 0.15) is 4.32 Å². The number of urea groups is 1. The lowest BCUT2D eigenvalue weighted by Gasteiger charge is -2.21. The molecule has 0 aromatic carbocycles. The van der Waals surface area contributed by atoms with Gasteiger partial charge in [-0.1, -0.05) is 56.5 Å². The van der Waals surface area contributed by atoms with Crippen molar-refractivity contribution in [2.75, 3.05) is 0 Å². The van der Waals surface area contributed by atoms with Crippen molar-refractivity contribution in [3.8, 4) is 0 Å². The van der Waals surface area contributed by atoms with Crippen molar-refractivity contribution in [3.05, 3.63) is 0 Å². The summed E-state index contributed by atoms with van der Waals surface area (Å²) < 4.78 is -0.665. The Morgan fingerprint density at radius 2 is 1.47 bits per heavy atom. The minimum Gasteiger partial charge on any atom is -0.351 e. The maximum Gasteiger partial charge on any atom is 0.318 e. The molecule has 0 aliphatic carbocycles. The second-order valence-corrected chi connectivity index (χ2v) is 5.01. The number of nitrogens with one attached hydrogen (secondary N) is 1. The van der Waals surface area contributed by atoms with Crippen molar-refractivity contribution >= 4 is 40.3 Å². The summed E-state index contributed by atoms with van der Waals surface area (Å²) >= 11 is 3.26. The van der Waals surface area contributed by atoms with Crippen molar-refractivity contribution in [1.29, 1.82) is 0 Å². The van der Waals surface area contributed by atoms with E-state index in [1.54, 1.807) is 0 Å². The second kappa shape index (κ2) is 12.2. The van der Waals surface area contributed by atoms with E-state index in [9.17, 15) is 9.59 Å². The van der Waals surface area contributed by atoms with E-state index in [0.717, 1.165) is 0 Å². The van der Waals surface area contributed by atoms with Gasteiger partial charge in [0.25, 0.3) is 0 Å². The van der Waals surface area contributed by atoms with Gasteiger partial charge < -0.3 is 5.73 Å². The van der Waals surface area contributed by atoms with Crippen LogP contribution >= 0.6 is 28.3 Å². The molecule has 0 unspecified atom stereocenters. The van der Waals surface area contributed by atoms with Crippen LogP contribution in [0.4, 0.5) is 4.79 Å². The molecule has 0 bridgehead atoms. The monoisotopic (exact) mass is 330 g/mol. The van der Waals surface area contributed by atoms with Crippen LogP contribution < -0.4 is 11.1 Å². The van der Waals surface area contributed by atoms with Gasteiger partial charge in [0.05, 0.1) is 0 Å². The molecule has 4 nitrogen and oxygen atoms in total. The lowest BCUT2D eigenvalue weighted by molar-refractivity contribution is -0.122. The van der Waals surface area contributed by atoms with Crippen LogP contribution in [0, 0.1) is 0 Å². The molecule has 0 rings (SSSR count). The highest BCUT2D eigenvalue weighted by molar-refractivity contribution is 9.10. The van der Waals surface area contributed by atoms with Gasteiger partial charge >= 0.3 is 6.03 Å². The van der Waals surface area contributed by atoms with Crippen molar-refractivity contribution in [2.45, 2.75) is 57.7 Å². The Kier molecular flexibility index (Phi) is 15.7. The number of halogens is 2. The highest BCUT2D eigenvalue weighted by Crippen LogP contribution is 2.26. The summed E-state index contributed by atoms with van der Waals surface area (Å²) in [6.45, 7) is 8.08. The molecule has 6 heteroatoms. The molecule has 0 heterocycles. The van der Waals surface area contributed by atoms with E-state index in [4.69, 9.17) is 5.73 Å². The van der Waals surface area contributed by atoms with Crippen LogP contribution in [0.5, 0.6) is 0 Å². The van der Waals surface area contributed by atoms with Gasteiger partial charge in [-0.3, -0.25) is 10.1 Å². The maximum absolute atomic E-state index is 11.3. The van der Waals surface area contributed by atoms with Gasteiger partial charge in [0.15, 0.2) is 0 Å². The summed E-state index contributed by atoms with van der Waals surface area (Å²) in [5, 5.41) is 2.04. The van der Waals surface area contributed by atoms with Crippen LogP contribution in [0.15, 0.2) is 0 Å². The van der Waals surface area contributed by atoms with Crippen molar-refractivity contribution in [1.82, 2.24) is 5.32 Å². The molecule has 0 aliphatic heterocycles. The summed E-state index contributed by atoms with van der Waals surface area (Å²) in [5.41, 5.74) is 4.81. The predicted octanol–water partition coefficient (Wildman–Crippen LogP) is 3.36. The van der Waals surface area contributed by atoms with Gasteiger partial charge in [0, 0.05) is 0 Å². The van der Waals surface area contributed by atoms with E-state index in [0.29, 0.717) is 12.8 Å². The Morgan fingerprint density at radius 1 is 1.12 bits per heavy atom. The standard InChI is InChI=1S/C7H13BrN2O2.C4H10.ClH/c1-3-7(8,4-2)5(11)10-6(9)12;1-3-4-2;/h3-4H2,1-2H3,(H3,9,10,11,12);3-4H2,1-2H3;1H. The largest absolute Gasteiger partial charge is 0.351 e. The SMILES string of the molecule is CCC(Br)(CC)C(=O)NC(N)=O.CCCC.Cl. The molecule has 0 atom stereocenters. The number of unbranched alkanes of at least 4 members (excludes halogenated alkanes) is 1. The second-order valence-electron chi connectivity index (χ2n) is 3.49. The molecule has 0 saturated carbocycles. The van der Waals surface area contributed by atoms with E-state index in [1.807, 2.05) is 19.2 Å². The zero-order valence-electron chi connectivity index (χ0n) is 11.0. The molecule has 0 aliphatic rings. The average molecular weight is 332 g/mol. The molecular formula is C11H24BrClN2O2. The first kappa shape index (κ1) is 21.9. The smallest absolute Gasteiger partial charge is 0.318 e. The van der Waals surface area contributed by atoms with Gasteiger partial charge in [-0.2, -0.15) is 0 Å². The van der Waals surface area contributed by atoms with E-state index < -0.39 is 10.4 Å². The fourth-order valence-corrected chi connectivity index (χ4v) is 0.894. The van der Waals surface area contributed by atoms with E-state index >= 15 is 0 Å². The van der Waals surface area contributed by atoms with E-state index in [2.05, 4.69) is 29.8 Å². The third-order valence-electron chi connectivity index (χ3n) is 2.26. The number of alkyl halides is 1. The topological polar surface area (TPSA) is 72.2 Å². The van der Waals surface area contributed by atoms with Gasteiger partial charge in [-0.15, -0.1) is 12.4 Å². The molecule has 3 amide bonds. The third kappa shape index (κ3) is 10.6. The fraction of sp³-hybridized carbons (Fsp3) is 0.818. The van der Waals surface area contributed by atoms with E-state index in [1.165, 1.54) is 12.8 Å².